The average Bonchev–Trinajstić information content (AvgIpc) is 3.24. The standard InChI is InChI=1S/C23H16N2O4S2/c24-15-16-5-7-17(8-6-16)18-9-10-22-20(13-18)25(11-12-30(22)26)31(27,28)23-14-19-3-1-2-4-21(19)29-23/h1-10,13-14H,11-12H2. The molecule has 0 bridgehead atoms. The second kappa shape index (κ2) is 7.46. The highest BCUT2D eigenvalue weighted by Crippen LogP contribution is 2.38. The molecule has 1 aliphatic heterocycles. The Balaban J connectivity index is 1.61. The van der Waals surface area contributed by atoms with Crippen LogP contribution in [0.1, 0.15) is 5.56 Å². The molecule has 8 heteroatoms. The molecule has 5 rings (SSSR count). The Bertz CT molecular complexity index is 1400. The van der Waals surface area contributed by atoms with E-state index in [1.54, 1.807) is 54.6 Å². The molecule has 0 radical (unpaired) electrons. The van der Waals surface area contributed by atoms with Crippen LogP contribution < -0.4 is 4.31 Å². The van der Waals surface area contributed by atoms with Gasteiger partial charge in [-0.15, -0.1) is 0 Å². The van der Waals surface area contributed by atoms with E-state index in [9.17, 15) is 13.0 Å². The van der Waals surface area contributed by atoms with E-state index in [0.29, 0.717) is 27.1 Å². The molecular formula is C23H16N2O4S2. The van der Waals surface area contributed by atoms with Crippen molar-refractivity contribution in [3.63, 3.8) is 0 Å². The van der Waals surface area contributed by atoms with E-state index in [-0.39, 0.29) is 17.4 Å². The Kier molecular flexibility index (Phi) is 4.74. The SMILES string of the molecule is N#Cc1ccc(-c2ccc3c(c2)N(S(=O)(=O)c2cc4ccccc4o2)CC[S+]3[O-])cc1. The van der Waals surface area contributed by atoms with Crippen LogP contribution in [0.2, 0.25) is 0 Å². The molecule has 4 aromatic rings. The molecule has 1 atom stereocenters. The zero-order chi connectivity index (χ0) is 21.6. The minimum absolute atomic E-state index is 0.0931. The molecular weight excluding hydrogens is 432 g/mol. The highest BCUT2D eigenvalue weighted by atomic mass is 32.2. The summed E-state index contributed by atoms with van der Waals surface area (Å²) in [7, 11) is -3.98. The number of fused-ring (bicyclic) bond motifs is 2. The first-order valence-corrected chi connectivity index (χ1v) is 12.3. The molecule has 3 aromatic carbocycles. The highest BCUT2D eigenvalue weighted by Gasteiger charge is 2.37. The summed E-state index contributed by atoms with van der Waals surface area (Å²) >= 11 is -1.29. The van der Waals surface area contributed by atoms with E-state index in [4.69, 9.17) is 9.68 Å². The number of benzene rings is 3. The summed E-state index contributed by atoms with van der Waals surface area (Å²) in [5.74, 6) is 0.211. The van der Waals surface area contributed by atoms with Crippen LogP contribution in [0.4, 0.5) is 5.69 Å². The molecule has 0 saturated carbocycles. The smallest absolute Gasteiger partial charge is 0.298 e. The van der Waals surface area contributed by atoms with E-state index >= 15 is 0 Å². The van der Waals surface area contributed by atoms with Crippen LogP contribution in [0.5, 0.6) is 0 Å². The fraction of sp³-hybridized carbons (Fsp3) is 0.0870. The number of furan rings is 1. The highest BCUT2D eigenvalue weighted by molar-refractivity contribution is 7.94. The zero-order valence-electron chi connectivity index (χ0n) is 16.2. The van der Waals surface area contributed by atoms with Crippen LogP contribution in [0.15, 0.2) is 87.2 Å². The first-order valence-electron chi connectivity index (χ1n) is 9.52. The van der Waals surface area contributed by atoms with E-state index in [1.807, 2.05) is 12.1 Å². The van der Waals surface area contributed by atoms with Crippen LogP contribution in [0.25, 0.3) is 22.1 Å². The second-order valence-corrected chi connectivity index (χ2v) is 10.4. The number of hydrogen-bond donors (Lipinski definition) is 0. The number of hydrogen-bond acceptors (Lipinski definition) is 5. The Hall–Kier alpha value is -3.25. The van der Waals surface area contributed by atoms with Crippen LogP contribution in [0, 0.1) is 11.3 Å². The van der Waals surface area contributed by atoms with Crippen molar-refractivity contribution in [1.29, 1.82) is 5.26 Å². The van der Waals surface area contributed by atoms with Crippen LogP contribution in [-0.2, 0) is 21.2 Å². The minimum Gasteiger partial charge on any atom is -0.611 e. The van der Waals surface area contributed by atoms with Gasteiger partial charge >= 0.3 is 0 Å². The number of nitrogens with zero attached hydrogens (tertiary/aromatic N) is 2. The summed E-state index contributed by atoms with van der Waals surface area (Å²) in [6.45, 7) is 0.0931. The third-order valence-corrected chi connectivity index (χ3v) is 8.31. The lowest BCUT2D eigenvalue weighted by molar-refractivity contribution is 0.479. The van der Waals surface area contributed by atoms with Gasteiger partial charge in [-0.3, -0.25) is 4.31 Å². The Morgan fingerprint density at radius 3 is 2.48 bits per heavy atom. The molecule has 2 heterocycles. The lowest BCUT2D eigenvalue weighted by Crippen LogP contribution is -2.39. The van der Waals surface area contributed by atoms with Gasteiger partial charge in [-0.1, -0.05) is 30.3 Å². The van der Waals surface area contributed by atoms with Gasteiger partial charge in [-0.2, -0.15) is 13.7 Å². The van der Waals surface area contributed by atoms with Gasteiger partial charge in [0.15, 0.2) is 4.90 Å². The number of anilines is 1. The normalized spacial score (nSPS) is 16.1. The van der Waals surface area contributed by atoms with Gasteiger partial charge in [-0.25, -0.2) is 0 Å². The summed E-state index contributed by atoms with van der Waals surface area (Å²) in [5, 5.41) is 9.56. The topological polar surface area (TPSA) is 97.4 Å². The van der Waals surface area contributed by atoms with E-state index in [2.05, 4.69) is 6.07 Å². The predicted molar refractivity (Wildman–Crippen MR) is 119 cm³/mol. The number of para-hydroxylation sites is 1. The molecule has 0 amide bonds. The maximum atomic E-state index is 13.5. The van der Waals surface area contributed by atoms with Crippen molar-refractivity contribution in [1.82, 2.24) is 0 Å². The lowest BCUT2D eigenvalue weighted by atomic mass is 10.0. The van der Waals surface area contributed by atoms with Crippen molar-refractivity contribution in [2.75, 3.05) is 16.6 Å². The average molecular weight is 449 g/mol. The fourth-order valence-electron chi connectivity index (χ4n) is 3.66. The fourth-order valence-corrected chi connectivity index (χ4v) is 6.45. The third kappa shape index (κ3) is 3.37. The maximum Gasteiger partial charge on any atom is 0.298 e. The molecule has 1 aliphatic rings. The first-order chi connectivity index (χ1) is 15.0. The van der Waals surface area contributed by atoms with Gasteiger partial charge in [-0.05, 0) is 58.7 Å². The number of rotatable bonds is 3. The largest absolute Gasteiger partial charge is 0.611 e. The molecule has 0 aliphatic carbocycles. The van der Waals surface area contributed by atoms with Crippen LogP contribution >= 0.6 is 0 Å². The molecule has 0 spiro atoms. The van der Waals surface area contributed by atoms with Crippen molar-refractivity contribution in [3.05, 3.63) is 78.4 Å². The Morgan fingerprint density at radius 2 is 1.74 bits per heavy atom. The van der Waals surface area contributed by atoms with Crippen molar-refractivity contribution < 1.29 is 17.4 Å². The number of nitriles is 1. The first kappa shape index (κ1) is 19.7. The predicted octanol–water partition coefficient (Wildman–Crippen LogP) is 4.29. The molecule has 0 fully saturated rings. The molecule has 0 N–H and O–H groups in total. The zero-order valence-corrected chi connectivity index (χ0v) is 17.8. The Morgan fingerprint density at radius 1 is 1.00 bits per heavy atom. The molecule has 154 valence electrons. The third-order valence-electron chi connectivity index (χ3n) is 5.25. The van der Waals surface area contributed by atoms with E-state index in [0.717, 1.165) is 11.1 Å². The summed E-state index contributed by atoms with van der Waals surface area (Å²) in [5.41, 5.74) is 3.02. The van der Waals surface area contributed by atoms with Gasteiger partial charge in [0.1, 0.15) is 17.0 Å². The van der Waals surface area contributed by atoms with Gasteiger partial charge in [0.05, 0.1) is 18.2 Å². The second-order valence-electron chi connectivity index (χ2n) is 7.10. The molecule has 31 heavy (non-hydrogen) atoms. The summed E-state index contributed by atoms with van der Waals surface area (Å²) in [6, 6.07) is 23.0. The van der Waals surface area contributed by atoms with Crippen molar-refractivity contribution in [2.45, 2.75) is 9.99 Å². The molecule has 1 unspecified atom stereocenters. The van der Waals surface area contributed by atoms with Gasteiger partial charge in [0.25, 0.3) is 10.0 Å². The van der Waals surface area contributed by atoms with E-state index < -0.39 is 21.2 Å². The lowest BCUT2D eigenvalue weighted by Gasteiger charge is -2.30. The molecule has 0 saturated heterocycles. The quantitative estimate of drug-likeness (QED) is 0.436. The van der Waals surface area contributed by atoms with Crippen molar-refractivity contribution in [3.8, 4) is 17.2 Å². The van der Waals surface area contributed by atoms with Gasteiger partial charge in [0, 0.05) is 11.5 Å². The Labute approximate surface area is 182 Å². The van der Waals surface area contributed by atoms with Crippen molar-refractivity contribution in [2.24, 2.45) is 0 Å². The van der Waals surface area contributed by atoms with Gasteiger partial charge in [0.2, 0.25) is 5.09 Å². The molecule has 1 aromatic heterocycles. The van der Waals surface area contributed by atoms with Crippen LogP contribution in [-0.4, -0.2) is 25.3 Å². The number of sulfonamides is 1. The van der Waals surface area contributed by atoms with Crippen LogP contribution in [0.3, 0.4) is 0 Å². The monoisotopic (exact) mass is 448 g/mol. The maximum absolute atomic E-state index is 13.5. The summed E-state index contributed by atoms with van der Waals surface area (Å²) < 4.78 is 46.4. The summed E-state index contributed by atoms with van der Waals surface area (Å²) in [6.07, 6.45) is 0. The van der Waals surface area contributed by atoms with Gasteiger partial charge < -0.3 is 8.97 Å². The molecule has 6 nitrogen and oxygen atoms in total. The minimum atomic E-state index is -3.98. The van der Waals surface area contributed by atoms with E-state index in [1.165, 1.54) is 10.4 Å². The van der Waals surface area contributed by atoms with Crippen molar-refractivity contribution >= 4 is 37.9 Å². The summed E-state index contributed by atoms with van der Waals surface area (Å²) in [4.78, 5) is 0.475.